The molecule has 5 nitrogen and oxygen atoms in total. The van der Waals surface area contributed by atoms with E-state index in [1.54, 1.807) is 6.92 Å². The molecule has 0 aliphatic rings. The molecule has 0 fully saturated rings. The Balaban J connectivity index is 2.35. The largest absolute Gasteiger partial charge is 0.438 e. The van der Waals surface area contributed by atoms with Gasteiger partial charge >= 0.3 is 0 Å². The first-order chi connectivity index (χ1) is 8.95. The van der Waals surface area contributed by atoms with Gasteiger partial charge in [-0.15, -0.1) is 0 Å². The van der Waals surface area contributed by atoms with Crippen LogP contribution in [0.1, 0.15) is 5.56 Å². The molecule has 1 aromatic heterocycles. The Hall–Kier alpha value is -2.21. The van der Waals surface area contributed by atoms with Crippen molar-refractivity contribution in [3.63, 3.8) is 0 Å². The van der Waals surface area contributed by atoms with Crippen molar-refractivity contribution in [1.82, 2.24) is 4.98 Å². The summed E-state index contributed by atoms with van der Waals surface area (Å²) in [4.78, 5) is 13.9. The van der Waals surface area contributed by atoms with Gasteiger partial charge in [0.05, 0.1) is 17.1 Å². The van der Waals surface area contributed by atoms with Crippen molar-refractivity contribution in [2.75, 3.05) is 0 Å². The van der Waals surface area contributed by atoms with Crippen LogP contribution in [0.15, 0.2) is 30.3 Å². The minimum atomic E-state index is -0.599. The van der Waals surface area contributed by atoms with Crippen LogP contribution in [0.3, 0.4) is 0 Å². The van der Waals surface area contributed by atoms with Crippen molar-refractivity contribution in [2.24, 2.45) is 0 Å². The summed E-state index contributed by atoms with van der Waals surface area (Å²) in [6, 6.07) is 6.19. The van der Waals surface area contributed by atoms with Crippen molar-refractivity contribution in [3.05, 3.63) is 57.0 Å². The highest BCUT2D eigenvalue weighted by Crippen LogP contribution is 2.28. The summed E-state index contributed by atoms with van der Waals surface area (Å²) >= 11 is 5.67. The molecule has 0 radical (unpaired) electrons. The Morgan fingerprint density at radius 3 is 2.74 bits per heavy atom. The molecule has 0 aliphatic heterocycles. The zero-order chi connectivity index (χ0) is 14.0. The number of aryl methyl sites for hydroxylation is 1. The lowest BCUT2D eigenvalue weighted by atomic mass is 10.2. The number of rotatable bonds is 3. The Morgan fingerprint density at radius 2 is 2.11 bits per heavy atom. The van der Waals surface area contributed by atoms with E-state index < -0.39 is 10.7 Å². The van der Waals surface area contributed by atoms with Gasteiger partial charge in [0.2, 0.25) is 5.88 Å². The monoisotopic (exact) mass is 282 g/mol. The molecule has 0 N–H and O–H groups in total. The topological polar surface area (TPSA) is 65.3 Å². The maximum atomic E-state index is 12.9. The van der Waals surface area contributed by atoms with Crippen LogP contribution in [-0.4, -0.2) is 9.91 Å². The third-order valence-corrected chi connectivity index (χ3v) is 2.51. The minimum absolute atomic E-state index is 0.0195. The standard InChI is InChI=1S/C12H8ClFN2O3/c1-7-4-8(14)2-3-10(7)19-12-6-9(16(17)18)5-11(13)15-12/h2-6H,1H3. The number of halogens is 2. The van der Waals surface area contributed by atoms with Gasteiger partial charge in [0.25, 0.3) is 5.69 Å². The van der Waals surface area contributed by atoms with E-state index in [0.29, 0.717) is 11.3 Å². The second-order valence-corrected chi connectivity index (χ2v) is 4.14. The number of nitrogens with zero attached hydrogens (tertiary/aromatic N) is 2. The van der Waals surface area contributed by atoms with Gasteiger partial charge in [-0.3, -0.25) is 10.1 Å². The van der Waals surface area contributed by atoms with E-state index in [2.05, 4.69) is 4.98 Å². The summed E-state index contributed by atoms with van der Waals surface area (Å²) < 4.78 is 18.3. The number of ether oxygens (including phenoxy) is 1. The van der Waals surface area contributed by atoms with E-state index in [4.69, 9.17) is 16.3 Å². The van der Waals surface area contributed by atoms with Crippen molar-refractivity contribution in [2.45, 2.75) is 6.92 Å². The second-order valence-electron chi connectivity index (χ2n) is 3.76. The number of nitro groups is 1. The van der Waals surface area contributed by atoms with Crippen molar-refractivity contribution in [1.29, 1.82) is 0 Å². The molecule has 0 atom stereocenters. The molecule has 0 saturated carbocycles. The molecule has 19 heavy (non-hydrogen) atoms. The molecule has 1 aromatic carbocycles. The van der Waals surface area contributed by atoms with Gasteiger partial charge in [-0.2, -0.15) is 0 Å². The maximum Gasteiger partial charge on any atom is 0.277 e. The van der Waals surface area contributed by atoms with Crippen LogP contribution >= 0.6 is 11.6 Å². The first-order valence-corrected chi connectivity index (χ1v) is 5.59. The molecule has 7 heteroatoms. The van der Waals surface area contributed by atoms with Gasteiger partial charge in [0.1, 0.15) is 16.7 Å². The van der Waals surface area contributed by atoms with Gasteiger partial charge in [-0.25, -0.2) is 9.37 Å². The smallest absolute Gasteiger partial charge is 0.277 e. The van der Waals surface area contributed by atoms with Crippen LogP contribution in [0.2, 0.25) is 5.15 Å². The Bertz CT molecular complexity index is 649. The fraction of sp³-hybridized carbons (Fsp3) is 0.0833. The molecule has 0 bridgehead atoms. The lowest BCUT2D eigenvalue weighted by molar-refractivity contribution is -0.385. The molecule has 0 spiro atoms. The molecular formula is C12H8ClFN2O3. The summed E-state index contributed by atoms with van der Waals surface area (Å²) in [7, 11) is 0. The quantitative estimate of drug-likeness (QED) is 0.487. The highest BCUT2D eigenvalue weighted by molar-refractivity contribution is 6.29. The highest BCUT2D eigenvalue weighted by atomic mass is 35.5. The zero-order valence-electron chi connectivity index (χ0n) is 9.76. The molecule has 1 heterocycles. The van der Waals surface area contributed by atoms with E-state index >= 15 is 0 Å². The number of hydrogen-bond donors (Lipinski definition) is 0. The van der Waals surface area contributed by atoms with Gasteiger partial charge in [0.15, 0.2) is 0 Å². The number of hydrogen-bond acceptors (Lipinski definition) is 4. The highest BCUT2D eigenvalue weighted by Gasteiger charge is 2.12. The second kappa shape index (κ2) is 5.19. The minimum Gasteiger partial charge on any atom is -0.438 e. The number of aromatic nitrogens is 1. The van der Waals surface area contributed by atoms with Gasteiger partial charge in [-0.05, 0) is 30.7 Å². The Kier molecular flexibility index (Phi) is 3.62. The summed E-state index contributed by atoms with van der Waals surface area (Å²) in [5.41, 5.74) is 0.319. The summed E-state index contributed by atoms with van der Waals surface area (Å²) in [5.74, 6) is -0.0609. The van der Waals surface area contributed by atoms with Crippen molar-refractivity contribution in [3.8, 4) is 11.6 Å². The lowest BCUT2D eigenvalue weighted by Crippen LogP contribution is -1.94. The van der Waals surface area contributed by atoms with E-state index in [0.717, 1.165) is 12.1 Å². The van der Waals surface area contributed by atoms with Crippen molar-refractivity contribution < 1.29 is 14.1 Å². The van der Waals surface area contributed by atoms with Crippen LogP contribution in [0.4, 0.5) is 10.1 Å². The van der Waals surface area contributed by atoms with Gasteiger partial charge in [0, 0.05) is 0 Å². The molecule has 2 rings (SSSR count). The predicted molar refractivity (Wildman–Crippen MR) is 67.1 cm³/mol. The molecule has 0 amide bonds. The molecular weight excluding hydrogens is 275 g/mol. The first kappa shape index (κ1) is 13.2. The van der Waals surface area contributed by atoms with Crippen LogP contribution in [-0.2, 0) is 0 Å². The Labute approximate surface area is 112 Å². The fourth-order valence-electron chi connectivity index (χ4n) is 1.46. The van der Waals surface area contributed by atoms with Crippen molar-refractivity contribution >= 4 is 17.3 Å². The third kappa shape index (κ3) is 3.17. The fourth-order valence-corrected chi connectivity index (χ4v) is 1.65. The van der Waals surface area contributed by atoms with E-state index in [1.807, 2.05) is 0 Å². The summed E-state index contributed by atoms with van der Waals surface area (Å²) in [6.07, 6.45) is 0. The van der Waals surface area contributed by atoms with Crippen LogP contribution in [0.5, 0.6) is 11.6 Å². The normalized spacial score (nSPS) is 10.3. The number of pyridine rings is 1. The molecule has 0 saturated heterocycles. The Morgan fingerprint density at radius 1 is 1.37 bits per heavy atom. The average molecular weight is 283 g/mol. The summed E-state index contributed by atoms with van der Waals surface area (Å²) in [5, 5.41) is 10.6. The maximum absolute atomic E-state index is 12.9. The average Bonchev–Trinajstić information content (AvgIpc) is 2.32. The molecule has 2 aromatic rings. The third-order valence-electron chi connectivity index (χ3n) is 2.32. The molecule has 0 unspecified atom stereocenters. The SMILES string of the molecule is Cc1cc(F)ccc1Oc1cc([N+](=O)[O-])cc(Cl)n1. The van der Waals surface area contributed by atoms with Gasteiger partial charge < -0.3 is 4.74 Å². The predicted octanol–water partition coefficient (Wildman–Crippen LogP) is 3.88. The zero-order valence-corrected chi connectivity index (χ0v) is 10.5. The summed E-state index contributed by atoms with van der Waals surface area (Å²) in [6.45, 7) is 1.65. The van der Waals surface area contributed by atoms with E-state index in [1.165, 1.54) is 18.2 Å². The van der Waals surface area contributed by atoms with E-state index in [-0.39, 0.29) is 16.7 Å². The number of benzene rings is 1. The van der Waals surface area contributed by atoms with Crippen LogP contribution in [0, 0.1) is 22.9 Å². The van der Waals surface area contributed by atoms with Crippen LogP contribution < -0.4 is 4.74 Å². The van der Waals surface area contributed by atoms with Gasteiger partial charge in [-0.1, -0.05) is 11.6 Å². The lowest BCUT2D eigenvalue weighted by Gasteiger charge is -2.07. The molecule has 0 aliphatic carbocycles. The molecule has 98 valence electrons. The van der Waals surface area contributed by atoms with E-state index in [9.17, 15) is 14.5 Å². The van der Waals surface area contributed by atoms with Crippen LogP contribution in [0.25, 0.3) is 0 Å². The first-order valence-electron chi connectivity index (χ1n) is 5.21.